The summed E-state index contributed by atoms with van der Waals surface area (Å²) in [5.41, 5.74) is 7.32. The Kier molecular flexibility index (Phi) is 17.8. The molecule has 0 aromatic heterocycles. The Morgan fingerprint density at radius 2 is 1.67 bits per heavy atom. The van der Waals surface area contributed by atoms with E-state index in [0.29, 0.717) is 87.1 Å². The highest BCUT2D eigenvalue weighted by molar-refractivity contribution is 6.08. The van der Waals surface area contributed by atoms with Gasteiger partial charge in [0.05, 0.1) is 40.3 Å². The molecule has 8 N–H and O–H groups in total. The van der Waals surface area contributed by atoms with Crippen molar-refractivity contribution in [1.82, 2.24) is 26.6 Å². The molecule has 14 bridgehead atoms. The monoisotopic (exact) mass is 1290 g/mol. The molecule has 3 saturated carbocycles. The van der Waals surface area contributed by atoms with Crippen LogP contribution in [0.1, 0.15) is 175 Å². The summed E-state index contributed by atoms with van der Waals surface area (Å²) in [6.07, 6.45) is 24.5. The predicted molar refractivity (Wildman–Crippen MR) is 374 cm³/mol. The van der Waals surface area contributed by atoms with Crippen LogP contribution in [-0.4, -0.2) is 84.1 Å². The van der Waals surface area contributed by atoms with Gasteiger partial charge in [-0.2, -0.15) is 0 Å². The zero-order valence-corrected chi connectivity index (χ0v) is 56.8. The number of hydrogen-bond acceptors (Lipinski definition) is 13. The molecule has 6 aliphatic heterocycles. The average Bonchev–Trinajstić information content (AvgIpc) is 1.33. The molecule has 5 fully saturated rings. The summed E-state index contributed by atoms with van der Waals surface area (Å²) in [5.74, 6) is 6.50. The zero-order chi connectivity index (χ0) is 66.1. The fourth-order valence-electron chi connectivity index (χ4n) is 21.0. The van der Waals surface area contributed by atoms with E-state index in [9.17, 15) is 20.1 Å². The minimum absolute atomic E-state index is 0.0194. The highest BCUT2D eigenvalue weighted by Gasteiger charge is 2.73. The standard InChI is InChI=1S/C83H99N5O8/c1-5-34-85-49-54-39-53-25-35-86-68-23-32-81-31-21-64-69(24-30-80(60-26-36-87-71(45-60)84-4)47-58-44-61(82(94)28-10-11-29-82)18-17-59(27-37-89)79(3,93)50-88-75(66(58)48-80)57(40-53)41-54)95-77(91)73(64)76(81)83-33-22-67(81)72(65-46-62(90)19-20-63(65)55-15-12-16-56(68)43-55)74(83)78(92)96-70(83)42-51(6-2)38-52-13-8-7-9-14-52/h7-9,12-16,19-20,23-24,32,37,39-43,46,51,58-61,66-68,71,75-76,84-88,90,93-94H,5-6,10-11,21-22,25-31,33-36,38,44-45,47-50H2,1-4H3/b32-23+,69-24-,70-42-/t51-,58+,59+,60-,61-,66+,67+,68-,71+,75+,76+,79+,80-,81+,83+/m1/s1. The van der Waals surface area contributed by atoms with E-state index in [1.54, 1.807) is 6.07 Å². The van der Waals surface area contributed by atoms with E-state index in [0.717, 1.165) is 117 Å². The second-order valence-electron chi connectivity index (χ2n) is 31.2. The SMILES string of the molecule is CCCNCc1cc2cc(c1)[C@@H]1NC[C@](C)(O)[C@H](CC=O)C#C[C@@H](C3(O)CCCC3)C[C@H]3C[C@]([C@@H]4CCN[C@H](NC)C4)(C/C=C4\OC(=O)C5=C4CC[C@]46/C=C/[C@@H](NCC2)c2cccc(c2)-c2ccc(O)cc2C2=C7C(=O)O/C(=C\[C@H](CC)Cc8ccccc8)[C@]7(CC[C@@H]24)[C@@H]56)C[C@@H]31. The molecule has 6 heterocycles. The lowest BCUT2D eigenvalue weighted by molar-refractivity contribution is -0.135. The van der Waals surface area contributed by atoms with E-state index in [4.69, 9.17) is 9.47 Å². The number of β-amino-alcohol motifs (C(OH)–C–C–N with tert-alkyl or cyclic N) is 1. The van der Waals surface area contributed by atoms with Gasteiger partial charge in [0, 0.05) is 60.5 Å². The highest BCUT2D eigenvalue weighted by Crippen LogP contribution is 2.77. The van der Waals surface area contributed by atoms with Crippen molar-refractivity contribution in [2.75, 3.05) is 33.2 Å². The third kappa shape index (κ3) is 11.4. The number of phenolic OH excluding ortho intramolecular Hbond substituents is 1. The number of carbonyl (C=O) groups is 3. The lowest BCUT2D eigenvalue weighted by atomic mass is 9.38. The molecule has 2 spiro atoms. The van der Waals surface area contributed by atoms with Gasteiger partial charge in [-0.05, 0) is 245 Å². The molecule has 13 nitrogen and oxygen atoms in total. The van der Waals surface area contributed by atoms with Crippen LogP contribution in [0.5, 0.6) is 5.75 Å². The van der Waals surface area contributed by atoms with E-state index < -0.39 is 33.9 Å². The van der Waals surface area contributed by atoms with Crippen molar-refractivity contribution >= 4 is 23.8 Å². The van der Waals surface area contributed by atoms with Crippen molar-refractivity contribution in [2.24, 2.45) is 63.6 Å². The number of carbonyl (C=O) groups excluding carboxylic acids is 3. The molecule has 0 amide bonds. The van der Waals surface area contributed by atoms with E-state index in [2.05, 4.69) is 143 Å². The van der Waals surface area contributed by atoms with Crippen LogP contribution in [-0.2, 0) is 43.2 Å². The van der Waals surface area contributed by atoms with Gasteiger partial charge in [-0.1, -0.05) is 123 Å². The number of hydrogen-bond donors (Lipinski definition) is 8. The Bertz CT molecular complexity index is 3920. The zero-order valence-electron chi connectivity index (χ0n) is 56.8. The van der Waals surface area contributed by atoms with E-state index in [1.807, 2.05) is 32.2 Å². The molecule has 13 aliphatic rings. The fourth-order valence-corrected chi connectivity index (χ4v) is 21.0. The number of phenols is 1. The number of allylic oxidation sites excluding steroid dienone is 6. The van der Waals surface area contributed by atoms with Gasteiger partial charge in [0.15, 0.2) is 0 Å². The smallest absolute Gasteiger partial charge is 0.340 e. The van der Waals surface area contributed by atoms with Crippen molar-refractivity contribution < 1.29 is 39.2 Å². The van der Waals surface area contributed by atoms with Gasteiger partial charge in [-0.15, -0.1) is 0 Å². The summed E-state index contributed by atoms with van der Waals surface area (Å²) >= 11 is 0. The lowest BCUT2D eigenvalue weighted by Crippen LogP contribution is -2.58. The first-order valence-corrected chi connectivity index (χ1v) is 36.7. The average molecular weight is 1290 g/mol. The summed E-state index contributed by atoms with van der Waals surface area (Å²) in [7, 11) is 2.05. The third-order valence-corrected chi connectivity index (χ3v) is 25.7. The van der Waals surface area contributed by atoms with Gasteiger partial charge >= 0.3 is 11.9 Å². The summed E-state index contributed by atoms with van der Waals surface area (Å²) < 4.78 is 13.9. The second kappa shape index (κ2) is 26.2. The molecular weight excluding hydrogens is 1190 g/mol. The van der Waals surface area contributed by atoms with Crippen molar-refractivity contribution in [2.45, 2.75) is 179 Å². The quantitative estimate of drug-likeness (QED) is 0.0208. The summed E-state index contributed by atoms with van der Waals surface area (Å²) in [6.45, 7) is 9.50. The molecule has 15 atom stereocenters. The molecule has 7 aliphatic carbocycles. The first-order valence-electron chi connectivity index (χ1n) is 36.7. The Morgan fingerprint density at radius 1 is 0.812 bits per heavy atom. The molecule has 17 rings (SSSR count). The number of cyclic esters (lactones) is 1. The summed E-state index contributed by atoms with van der Waals surface area (Å²) in [4.78, 5) is 44.4. The first kappa shape index (κ1) is 65.2. The van der Waals surface area contributed by atoms with Crippen molar-refractivity contribution in [3.8, 4) is 28.7 Å². The van der Waals surface area contributed by atoms with E-state index in [-0.39, 0.29) is 89.8 Å². The van der Waals surface area contributed by atoms with Gasteiger partial charge in [-0.3, -0.25) is 0 Å². The van der Waals surface area contributed by atoms with Crippen molar-refractivity contribution in [3.63, 3.8) is 0 Å². The third-order valence-electron chi connectivity index (χ3n) is 25.7. The molecular formula is C83H99N5O8. The maximum Gasteiger partial charge on any atom is 0.340 e. The number of esters is 2. The Labute approximate surface area is 567 Å². The largest absolute Gasteiger partial charge is 0.508 e. The van der Waals surface area contributed by atoms with Crippen molar-refractivity contribution in [1.29, 1.82) is 0 Å². The Balaban J connectivity index is 0.965. The van der Waals surface area contributed by atoms with Gasteiger partial charge in [-0.25, -0.2) is 9.59 Å². The van der Waals surface area contributed by atoms with Crippen LogP contribution in [0.2, 0.25) is 0 Å². The maximum absolute atomic E-state index is 16.1. The molecule has 4 aromatic rings. The fraction of sp³-hybridized carbons (Fsp3) is 0.530. The number of aldehydes is 1. The molecule has 0 unspecified atom stereocenters. The van der Waals surface area contributed by atoms with E-state index >= 15 is 9.59 Å². The Hall–Kier alpha value is -6.73. The topological polar surface area (TPSA) is 191 Å². The normalized spacial score (nSPS) is 35.8. The van der Waals surface area contributed by atoms with Crippen LogP contribution in [0, 0.1) is 75.4 Å². The van der Waals surface area contributed by atoms with Crippen molar-refractivity contribution in [3.05, 3.63) is 177 Å². The van der Waals surface area contributed by atoms with Crippen LogP contribution < -0.4 is 26.6 Å². The number of ether oxygens (including phenoxy) is 2. The van der Waals surface area contributed by atoms with Gasteiger partial charge in [0.2, 0.25) is 0 Å². The predicted octanol–water partition coefficient (Wildman–Crippen LogP) is 12.9. The van der Waals surface area contributed by atoms with Crippen LogP contribution in [0.3, 0.4) is 0 Å². The number of rotatable bonds is 13. The number of fused-ring (bicyclic) bond motifs is 9. The number of benzene rings is 4. The minimum atomic E-state index is -1.38. The Morgan fingerprint density at radius 3 is 2.48 bits per heavy atom. The summed E-state index contributed by atoms with van der Waals surface area (Å²) in [6, 6.07) is 31.6. The van der Waals surface area contributed by atoms with Gasteiger partial charge in [0.25, 0.3) is 0 Å². The molecule has 4 aromatic carbocycles. The van der Waals surface area contributed by atoms with Crippen LogP contribution in [0.25, 0.3) is 16.7 Å². The maximum atomic E-state index is 16.1. The van der Waals surface area contributed by atoms with Crippen LogP contribution >= 0.6 is 0 Å². The number of aliphatic hydroxyl groups is 2. The molecule has 96 heavy (non-hydrogen) atoms. The minimum Gasteiger partial charge on any atom is -0.508 e. The number of aromatic hydroxyl groups is 1. The van der Waals surface area contributed by atoms with E-state index in [1.165, 1.54) is 22.3 Å². The number of piperidine rings is 1. The summed E-state index contributed by atoms with van der Waals surface area (Å²) in [5, 5.41) is 56.9. The number of nitrogens with one attached hydrogen (secondary N) is 5. The molecule has 13 heteroatoms. The van der Waals surface area contributed by atoms with Gasteiger partial charge in [0.1, 0.15) is 23.6 Å². The van der Waals surface area contributed by atoms with Crippen LogP contribution in [0.4, 0.5) is 0 Å². The van der Waals surface area contributed by atoms with Gasteiger partial charge < -0.3 is 56.2 Å². The molecule has 504 valence electrons. The van der Waals surface area contributed by atoms with Crippen LogP contribution in [0.15, 0.2) is 144 Å². The highest BCUT2D eigenvalue weighted by atomic mass is 16.6. The first-order chi connectivity index (χ1) is 46.6. The molecule has 0 radical (unpaired) electrons. The lowest BCUT2D eigenvalue weighted by Gasteiger charge is -2.62. The molecule has 2 saturated heterocycles. The second-order valence-corrected chi connectivity index (χ2v) is 31.2.